The second-order valence-electron chi connectivity index (χ2n) is 2.18. The molecule has 0 saturated carbocycles. The van der Waals surface area contributed by atoms with E-state index in [1.807, 2.05) is 0 Å². The number of carbonyl (C=O) groups is 1. The number of hydrogen-bond acceptors (Lipinski definition) is 2. The minimum absolute atomic E-state index is 0.219. The molecule has 0 saturated heterocycles. The van der Waals surface area contributed by atoms with Crippen LogP contribution in [0.2, 0.25) is 5.02 Å². The average Bonchev–Trinajstić information content (AvgIpc) is 2.02. The van der Waals surface area contributed by atoms with Crippen LogP contribution in [-0.2, 0) is 6.18 Å². The van der Waals surface area contributed by atoms with Crippen LogP contribution in [0.25, 0.3) is 0 Å². The second kappa shape index (κ2) is 3.33. The highest BCUT2D eigenvalue weighted by Gasteiger charge is 2.35. The van der Waals surface area contributed by atoms with Crippen molar-refractivity contribution >= 4 is 17.9 Å². The number of carbonyl (C=O) groups excluding carboxylic acids is 1. The van der Waals surface area contributed by atoms with E-state index in [2.05, 4.69) is 4.98 Å². The van der Waals surface area contributed by atoms with E-state index in [0.29, 0.717) is 0 Å². The molecule has 6 heteroatoms. The van der Waals surface area contributed by atoms with Crippen molar-refractivity contribution in [2.75, 3.05) is 0 Å². The number of halogens is 4. The average molecular weight is 210 g/mol. The summed E-state index contributed by atoms with van der Waals surface area (Å²) < 4.78 is 36.3. The van der Waals surface area contributed by atoms with Crippen LogP contribution in [0.15, 0.2) is 12.3 Å². The Morgan fingerprint density at radius 3 is 2.54 bits per heavy atom. The molecule has 0 amide bonds. The summed E-state index contributed by atoms with van der Waals surface area (Å²) >= 11 is 5.28. The molecule has 1 rings (SSSR count). The molecule has 70 valence electrons. The molecule has 1 heterocycles. The Labute approximate surface area is 76.3 Å². The molecule has 0 radical (unpaired) electrons. The first kappa shape index (κ1) is 9.98. The molecule has 0 fully saturated rings. The lowest BCUT2D eigenvalue weighted by Gasteiger charge is -2.07. The van der Waals surface area contributed by atoms with Crippen LogP contribution in [0.4, 0.5) is 13.2 Å². The van der Waals surface area contributed by atoms with Gasteiger partial charge in [0.2, 0.25) is 0 Å². The Balaban J connectivity index is 3.32. The Morgan fingerprint density at radius 2 is 2.08 bits per heavy atom. The third-order valence-electron chi connectivity index (χ3n) is 1.31. The molecule has 0 aliphatic heterocycles. The maximum atomic E-state index is 12.1. The van der Waals surface area contributed by atoms with Crippen molar-refractivity contribution in [2.45, 2.75) is 6.18 Å². The summed E-state index contributed by atoms with van der Waals surface area (Å²) in [6, 6.07) is 1.12. The predicted molar refractivity (Wildman–Crippen MR) is 39.6 cm³/mol. The highest BCUT2D eigenvalue weighted by molar-refractivity contribution is 6.33. The summed E-state index contributed by atoms with van der Waals surface area (Å²) in [6.45, 7) is 0. The summed E-state index contributed by atoms with van der Waals surface area (Å²) in [5.41, 5.74) is -1.46. The Kier molecular flexibility index (Phi) is 2.56. The van der Waals surface area contributed by atoms with Gasteiger partial charge in [-0.1, -0.05) is 11.6 Å². The molecule has 13 heavy (non-hydrogen) atoms. The quantitative estimate of drug-likeness (QED) is 0.666. The van der Waals surface area contributed by atoms with E-state index in [4.69, 9.17) is 11.6 Å². The molecular weight excluding hydrogens is 207 g/mol. The zero-order chi connectivity index (χ0) is 10.1. The first-order valence-electron chi connectivity index (χ1n) is 3.13. The van der Waals surface area contributed by atoms with Crippen LogP contribution in [0.3, 0.4) is 0 Å². The third-order valence-corrected chi connectivity index (χ3v) is 1.71. The van der Waals surface area contributed by atoms with Crippen LogP contribution in [0.1, 0.15) is 16.1 Å². The largest absolute Gasteiger partial charge is 0.434 e. The number of alkyl halides is 3. The van der Waals surface area contributed by atoms with E-state index < -0.39 is 16.9 Å². The van der Waals surface area contributed by atoms with E-state index in [0.717, 1.165) is 12.3 Å². The molecule has 1 aromatic rings. The number of aldehydes is 1. The van der Waals surface area contributed by atoms with Crippen molar-refractivity contribution in [3.05, 3.63) is 28.5 Å². The zero-order valence-corrected chi connectivity index (χ0v) is 6.86. The van der Waals surface area contributed by atoms with Gasteiger partial charge >= 0.3 is 6.18 Å². The van der Waals surface area contributed by atoms with Gasteiger partial charge in [0.25, 0.3) is 0 Å². The van der Waals surface area contributed by atoms with Gasteiger partial charge < -0.3 is 0 Å². The fourth-order valence-electron chi connectivity index (χ4n) is 0.747. The van der Waals surface area contributed by atoms with Crippen molar-refractivity contribution in [3.63, 3.8) is 0 Å². The van der Waals surface area contributed by atoms with Crippen LogP contribution >= 0.6 is 11.6 Å². The maximum Gasteiger partial charge on any atom is 0.434 e. The topological polar surface area (TPSA) is 30.0 Å². The summed E-state index contributed by atoms with van der Waals surface area (Å²) in [5, 5.41) is -0.662. The van der Waals surface area contributed by atoms with E-state index >= 15 is 0 Å². The second-order valence-corrected chi connectivity index (χ2v) is 2.56. The number of rotatable bonds is 1. The standard InChI is InChI=1S/C7H3ClF3NO/c8-5-4(3-13)1-2-12-6(5)7(9,10)11/h1-3H. The predicted octanol–water partition coefficient (Wildman–Crippen LogP) is 2.57. The fraction of sp³-hybridized carbons (Fsp3) is 0.143. The van der Waals surface area contributed by atoms with Crippen molar-refractivity contribution in [1.82, 2.24) is 4.98 Å². The lowest BCUT2D eigenvalue weighted by atomic mass is 10.2. The Morgan fingerprint density at radius 1 is 1.46 bits per heavy atom. The third kappa shape index (κ3) is 1.98. The molecule has 0 aliphatic carbocycles. The van der Waals surface area contributed by atoms with E-state index in [-0.39, 0.29) is 11.8 Å². The first-order valence-corrected chi connectivity index (χ1v) is 3.51. The molecule has 2 nitrogen and oxygen atoms in total. The zero-order valence-electron chi connectivity index (χ0n) is 6.10. The molecule has 0 bridgehead atoms. The van der Waals surface area contributed by atoms with Crippen molar-refractivity contribution in [1.29, 1.82) is 0 Å². The van der Waals surface area contributed by atoms with Crippen molar-refractivity contribution < 1.29 is 18.0 Å². The van der Waals surface area contributed by atoms with Gasteiger partial charge in [-0.15, -0.1) is 0 Å². The highest BCUT2D eigenvalue weighted by Crippen LogP contribution is 2.33. The minimum Gasteiger partial charge on any atom is -0.298 e. The highest BCUT2D eigenvalue weighted by atomic mass is 35.5. The number of hydrogen-bond donors (Lipinski definition) is 0. The van der Waals surface area contributed by atoms with Gasteiger partial charge in [-0.2, -0.15) is 13.2 Å². The summed E-state index contributed by atoms with van der Waals surface area (Å²) in [6.07, 6.45) is -3.49. The van der Waals surface area contributed by atoms with Gasteiger partial charge in [0, 0.05) is 11.8 Å². The number of pyridine rings is 1. The molecule has 0 spiro atoms. The van der Waals surface area contributed by atoms with Crippen LogP contribution in [0, 0.1) is 0 Å². The van der Waals surface area contributed by atoms with Crippen molar-refractivity contribution in [3.8, 4) is 0 Å². The minimum atomic E-state index is -4.63. The van der Waals surface area contributed by atoms with Crippen LogP contribution in [0.5, 0.6) is 0 Å². The van der Waals surface area contributed by atoms with Gasteiger partial charge in [0.15, 0.2) is 12.0 Å². The SMILES string of the molecule is O=Cc1ccnc(C(F)(F)F)c1Cl. The van der Waals surface area contributed by atoms with E-state index in [9.17, 15) is 18.0 Å². The molecule has 0 atom stereocenters. The first-order chi connectivity index (χ1) is 5.96. The summed E-state index contributed by atoms with van der Waals surface area (Å²) in [5.74, 6) is 0. The Hall–Kier alpha value is -1.10. The molecule has 0 unspecified atom stereocenters. The summed E-state index contributed by atoms with van der Waals surface area (Å²) in [4.78, 5) is 13.3. The van der Waals surface area contributed by atoms with Gasteiger partial charge in [0.1, 0.15) is 0 Å². The molecule has 0 aliphatic rings. The number of aromatic nitrogens is 1. The Bertz CT molecular complexity index is 337. The summed E-state index contributed by atoms with van der Waals surface area (Å²) in [7, 11) is 0. The van der Waals surface area contributed by atoms with E-state index in [1.165, 1.54) is 0 Å². The monoisotopic (exact) mass is 209 g/mol. The molecular formula is C7H3ClF3NO. The van der Waals surface area contributed by atoms with Gasteiger partial charge in [-0.3, -0.25) is 9.78 Å². The normalized spacial score (nSPS) is 11.4. The van der Waals surface area contributed by atoms with Crippen LogP contribution in [-0.4, -0.2) is 11.3 Å². The lowest BCUT2D eigenvalue weighted by molar-refractivity contribution is -0.141. The lowest BCUT2D eigenvalue weighted by Crippen LogP contribution is -2.09. The van der Waals surface area contributed by atoms with Crippen LogP contribution < -0.4 is 0 Å². The van der Waals surface area contributed by atoms with Gasteiger partial charge in [-0.25, -0.2) is 0 Å². The fourth-order valence-corrected chi connectivity index (χ4v) is 1.01. The van der Waals surface area contributed by atoms with Gasteiger partial charge in [0.05, 0.1) is 5.02 Å². The number of nitrogens with zero attached hydrogens (tertiary/aromatic N) is 1. The maximum absolute atomic E-state index is 12.1. The molecule has 0 N–H and O–H groups in total. The van der Waals surface area contributed by atoms with Crippen molar-refractivity contribution in [2.24, 2.45) is 0 Å². The molecule has 0 aromatic carbocycles. The smallest absolute Gasteiger partial charge is 0.298 e. The molecule has 1 aromatic heterocycles. The van der Waals surface area contributed by atoms with Gasteiger partial charge in [-0.05, 0) is 6.07 Å². The van der Waals surface area contributed by atoms with E-state index in [1.54, 1.807) is 0 Å².